The van der Waals surface area contributed by atoms with Gasteiger partial charge in [0.25, 0.3) is 5.56 Å². The molecular weight excluding hydrogens is 336 g/mol. The number of carbonyl (C=O) groups excluding carboxylic acids is 1. The smallest absolute Gasteiger partial charge is 0.348 e. The molecule has 3 rings (SSSR count). The Bertz CT molecular complexity index is 944. The summed E-state index contributed by atoms with van der Waals surface area (Å²) in [6.07, 6.45) is 3.33. The van der Waals surface area contributed by atoms with Gasteiger partial charge >= 0.3 is 5.97 Å². The zero-order chi connectivity index (χ0) is 17.8. The van der Waals surface area contributed by atoms with Crippen LogP contribution >= 0.6 is 11.3 Å². The van der Waals surface area contributed by atoms with Crippen molar-refractivity contribution in [1.82, 2.24) is 9.55 Å². The van der Waals surface area contributed by atoms with Crippen LogP contribution in [0.2, 0.25) is 0 Å². The zero-order valence-corrected chi connectivity index (χ0v) is 15.1. The monoisotopic (exact) mass is 356 g/mol. The lowest BCUT2D eigenvalue weighted by molar-refractivity contribution is 0.0531. The fourth-order valence-corrected chi connectivity index (χ4v) is 3.84. The Morgan fingerprint density at radius 2 is 2.04 bits per heavy atom. The van der Waals surface area contributed by atoms with Crippen molar-refractivity contribution in [3.05, 3.63) is 63.0 Å². The molecule has 0 bridgehead atoms. The van der Waals surface area contributed by atoms with Crippen molar-refractivity contribution in [1.29, 1.82) is 0 Å². The summed E-state index contributed by atoms with van der Waals surface area (Å²) in [4.78, 5) is 30.2. The first-order chi connectivity index (χ1) is 12.1. The Morgan fingerprint density at radius 3 is 2.76 bits per heavy atom. The topological polar surface area (TPSA) is 61.2 Å². The van der Waals surface area contributed by atoms with E-state index in [4.69, 9.17) is 4.74 Å². The number of aromatic nitrogens is 2. The molecule has 0 aliphatic carbocycles. The van der Waals surface area contributed by atoms with Crippen LogP contribution in [0.15, 0.2) is 41.5 Å². The molecule has 1 aromatic carbocycles. The van der Waals surface area contributed by atoms with Gasteiger partial charge in [-0.25, -0.2) is 9.78 Å². The van der Waals surface area contributed by atoms with Crippen LogP contribution in [0.4, 0.5) is 0 Å². The highest BCUT2D eigenvalue weighted by molar-refractivity contribution is 7.20. The molecule has 0 aliphatic rings. The number of hydrogen-bond donors (Lipinski definition) is 0. The van der Waals surface area contributed by atoms with E-state index in [1.807, 2.05) is 18.2 Å². The summed E-state index contributed by atoms with van der Waals surface area (Å²) in [6.45, 7) is 4.45. The number of aryl methyl sites for hydroxylation is 3. The second-order valence-corrected chi connectivity index (χ2v) is 6.79. The average Bonchev–Trinajstić information content (AvgIpc) is 2.96. The molecule has 3 aromatic rings. The molecule has 0 radical (unpaired) electrons. The van der Waals surface area contributed by atoms with Crippen LogP contribution in [0, 0.1) is 6.92 Å². The maximum atomic E-state index is 12.8. The number of benzene rings is 1. The van der Waals surface area contributed by atoms with Gasteiger partial charge in [0.2, 0.25) is 0 Å². The largest absolute Gasteiger partial charge is 0.462 e. The van der Waals surface area contributed by atoms with E-state index < -0.39 is 5.97 Å². The Hall–Kier alpha value is -2.47. The van der Waals surface area contributed by atoms with Gasteiger partial charge in [0.1, 0.15) is 9.71 Å². The van der Waals surface area contributed by atoms with Gasteiger partial charge in [0, 0.05) is 6.54 Å². The SMILES string of the molecule is CCOC(=O)c1sc2ncn(CCCc3ccccc3)c(=O)c2c1C. The summed E-state index contributed by atoms with van der Waals surface area (Å²) < 4.78 is 6.68. The van der Waals surface area contributed by atoms with Crippen molar-refractivity contribution in [3.63, 3.8) is 0 Å². The molecular formula is C19H20N2O3S. The van der Waals surface area contributed by atoms with E-state index in [1.54, 1.807) is 24.7 Å². The van der Waals surface area contributed by atoms with Crippen molar-refractivity contribution >= 4 is 27.5 Å². The molecule has 0 spiro atoms. The number of hydrogen-bond acceptors (Lipinski definition) is 5. The van der Waals surface area contributed by atoms with Crippen molar-refractivity contribution < 1.29 is 9.53 Å². The molecule has 0 atom stereocenters. The lowest BCUT2D eigenvalue weighted by Gasteiger charge is -2.05. The van der Waals surface area contributed by atoms with Crippen molar-refractivity contribution in [2.75, 3.05) is 6.61 Å². The van der Waals surface area contributed by atoms with Crippen LogP contribution in [0.25, 0.3) is 10.2 Å². The van der Waals surface area contributed by atoms with E-state index in [0.717, 1.165) is 12.8 Å². The molecule has 0 fully saturated rings. The number of rotatable bonds is 6. The number of carbonyl (C=O) groups is 1. The quantitative estimate of drug-likeness (QED) is 0.634. The van der Waals surface area contributed by atoms with Gasteiger partial charge in [0.05, 0.1) is 18.3 Å². The van der Waals surface area contributed by atoms with Crippen LogP contribution in [0.3, 0.4) is 0 Å². The molecule has 0 N–H and O–H groups in total. The summed E-state index contributed by atoms with van der Waals surface area (Å²) in [7, 11) is 0. The van der Waals surface area contributed by atoms with Crippen LogP contribution in [0.1, 0.15) is 34.1 Å². The van der Waals surface area contributed by atoms with Gasteiger partial charge in [-0.1, -0.05) is 30.3 Å². The molecule has 5 nitrogen and oxygen atoms in total. The Labute approximate surface area is 149 Å². The zero-order valence-electron chi connectivity index (χ0n) is 14.3. The molecule has 0 unspecified atom stereocenters. The van der Waals surface area contributed by atoms with Gasteiger partial charge in [-0.3, -0.25) is 9.36 Å². The molecule has 6 heteroatoms. The molecule has 0 saturated carbocycles. The normalized spacial score (nSPS) is 11.0. The predicted octanol–water partition coefficient (Wildman–Crippen LogP) is 3.58. The minimum absolute atomic E-state index is 0.0950. The Morgan fingerprint density at radius 1 is 1.28 bits per heavy atom. The lowest BCUT2D eigenvalue weighted by atomic mass is 10.1. The summed E-state index contributed by atoms with van der Waals surface area (Å²) in [5.41, 5.74) is 1.82. The van der Waals surface area contributed by atoms with Gasteiger partial charge in [-0.15, -0.1) is 11.3 Å². The molecule has 0 aliphatic heterocycles. The van der Waals surface area contributed by atoms with Gasteiger partial charge in [-0.2, -0.15) is 0 Å². The number of ether oxygens (including phenoxy) is 1. The minimum atomic E-state index is -0.391. The predicted molar refractivity (Wildman–Crippen MR) is 99.3 cm³/mol. The van der Waals surface area contributed by atoms with Crippen molar-refractivity contribution in [2.24, 2.45) is 0 Å². The Balaban J connectivity index is 1.83. The minimum Gasteiger partial charge on any atom is -0.462 e. The number of thiophene rings is 1. The van der Waals surface area contributed by atoms with Gasteiger partial charge in [0.15, 0.2) is 0 Å². The molecule has 25 heavy (non-hydrogen) atoms. The molecule has 2 aromatic heterocycles. The van der Waals surface area contributed by atoms with Gasteiger partial charge in [-0.05, 0) is 37.8 Å². The number of esters is 1. The molecule has 0 amide bonds. The highest BCUT2D eigenvalue weighted by atomic mass is 32.1. The third kappa shape index (κ3) is 3.64. The van der Waals surface area contributed by atoms with E-state index in [9.17, 15) is 9.59 Å². The van der Waals surface area contributed by atoms with Crippen LogP contribution in [-0.2, 0) is 17.7 Å². The molecule has 2 heterocycles. The van der Waals surface area contributed by atoms with E-state index in [2.05, 4.69) is 17.1 Å². The maximum absolute atomic E-state index is 12.8. The lowest BCUT2D eigenvalue weighted by Crippen LogP contribution is -2.21. The number of nitrogens with zero attached hydrogens (tertiary/aromatic N) is 2. The van der Waals surface area contributed by atoms with Crippen LogP contribution in [0.5, 0.6) is 0 Å². The maximum Gasteiger partial charge on any atom is 0.348 e. The summed E-state index contributed by atoms with van der Waals surface area (Å²) in [5, 5.41) is 0.523. The highest BCUT2D eigenvalue weighted by Gasteiger charge is 2.20. The second-order valence-electron chi connectivity index (χ2n) is 5.79. The first kappa shape index (κ1) is 17.4. The third-order valence-electron chi connectivity index (χ3n) is 4.09. The fourth-order valence-electron chi connectivity index (χ4n) is 2.81. The Kier molecular flexibility index (Phi) is 5.28. The fraction of sp³-hybridized carbons (Fsp3) is 0.316. The van der Waals surface area contributed by atoms with E-state index in [1.165, 1.54) is 16.9 Å². The van der Waals surface area contributed by atoms with E-state index >= 15 is 0 Å². The first-order valence-corrected chi connectivity index (χ1v) is 9.13. The summed E-state index contributed by atoms with van der Waals surface area (Å²) in [6, 6.07) is 10.2. The van der Waals surface area contributed by atoms with E-state index in [-0.39, 0.29) is 5.56 Å². The third-order valence-corrected chi connectivity index (χ3v) is 5.27. The van der Waals surface area contributed by atoms with Crippen LogP contribution in [-0.4, -0.2) is 22.1 Å². The van der Waals surface area contributed by atoms with Crippen molar-refractivity contribution in [2.45, 2.75) is 33.2 Å². The first-order valence-electron chi connectivity index (χ1n) is 8.31. The summed E-state index contributed by atoms with van der Waals surface area (Å²) >= 11 is 1.22. The molecule has 0 saturated heterocycles. The average molecular weight is 356 g/mol. The number of fused-ring (bicyclic) bond motifs is 1. The van der Waals surface area contributed by atoms with Crippen LogP contribution < -0.4 is 5.56 Å². The molecule has 130 valence electrons. The second kappa shape index (κ2) is 7.61. The van der Waals surface area contributed by atoms with Crippen molar-refractivity contribution in [3.8, 4) is 0 Å². The highest BCUT2D eigenvalue weighted by Crippen LogP contribution is 2.27. The van der Waals surface area contributed by atoms with Gasteiger partial charge < -0.3 is 4.74 Å². The standard InChI is InChI=1S/C19H20N2O3S/c1-3-24-19(23)16-13(2)15-17(25-16)20-12-21(18(15)22)11-7-10-14-8-5-4-6-9-14/h4-6,8-9,12H,3,7,10-11H2,1-2H3. The van der Waals surface area contributed by atoms with E-state index in [0.29, 0.717) is 33.8 Å². The summed E-state index contributed by atoms with van der Waals surface area (Å²) in [5.74, 6) is -0.391.